The molecule has 3 saturated heterocycles. The molecule has 0 aromatic heterocycles. The molecule has 0 N–H and O–H groups in total. The third kappa shape index (κ3) is 9.78. The van der Waals surface area contributed by atoms with Crippen molar-refractivity contribution in [3.05, 3.63) is 77.0 Å². The van der Waals surface area contributed by atoms with Gasteiger partial charge in [-0.15, -0.1) is 0 Å². The quantitative estimate of drug-likeness (QED) is 0.291. The summed E-state index contributed by atoms with van der Waals surface area (Å²) in [6.45, 7) is 24.7. The van der Waals surface area contributed by atoms with Gasteiger partial charge in [-0.3, -0.25) is 0 Å². The van der Waals surface area contributed by atoms with E-state index < -0.39 is 0 Å². The van der Waals surface area contributed by atoms with Gasteiger partial charge in [0.1, 0.15) is 37.6 Å². The lowest BCUT2D eigenvalue weighted by molar-refractivity contribution is -0.160. The zero-order chi connectivity index (χ0) is 27.6. The van der Waals surface area contributed by atoms with Gasteiger partial charge in [-0.05, 0) is 25.7 Å². The van der Waals surface area contributed by atoms with Crippen LogP contribution in [0.1, 0.15) is 25.7 Å². The Morgan fingerprint density at radius 1 is 0.579 bits per heavy atom. The molecule has 9 heteroatoms. The van der Waals surface area contributed by atoms with Gasteiger partial charge in [-0.25, -0.2) is 0 Å². The van der Waals surface area contributed by atoms with Gasteiger partial charge in [0.2, 0.25) is 0 Å². The summed E-state index contributed by atoms with van der Waals surface area (Å²) in [6, 6.07) is 0. The van der Waals surface area contributed by atoms with Gasteiger partial charge >= 0.3 is 0 Å². The van der Waals surface area contributed by atoms with E-state index in [1.165, 1.54) is 37.6 Å². The standard InChI is InChI=1S/C10H14O4.C10H16O2.C9H14O3/c1-3-11-7-5-13-10-8(12-4-2)6-14-9(7)10;1-3-11-9-5-7-10(8-6-9)12-4-2;1-3-10-5-9(6-11-4-2)7-12-8-9/h3-4,7-10H,1-2,5-6H2;3-4,9-10H,1-2,5-8H2;3-4H,1-2,5-8H2. The van der Waals surface area contributed by atoms with Crippen molar-refractivity contribution < 1.29 is 42.6 Å². The highest BCUT2D eigenvalue weighted by atomic mass is 16.6. The fourth-order valence-electron chi connectivity index (χ4n) is 4.56. The molecular formula is C29H44O9. The predicted molar refractivity (Wildman–Crippen MR) is 144 cm³/mol. The molecule has 0 spiro atoms. The van der Waals surface area contributed by atoms with Gasteiger partial charge in [0, 0.05) is 0 Å². The molecule has 0 aromatic carbocycles. The Labute approximate surface area is 227 Å². The van der Waals surface area contributed by atoms with Gasteiger partial charge < -0.3 is 42.6 Å². The van der Waals surface area contributed by atoms with Crippen LogP contribution < -0.4 is 0 Å². The summed E-state index contributed by atoms with van der Waals surface area (Å²) in [7, 11) is 0. The molecule has 214 valence electrons. The minimum atomic E-state index is -0.0593. The van der Waals surface area contributed by atoms with Crippen molar-refractivity contribution in [2.45, 2.75) is 62.3 Å². The van der Waals surface area contributed by atoms with E-state index in [1.807, 2.05) is 0 Å². The molecule has 1 aliphatic carbocycles. The van der Waals surface area contributed by atoms with Crippen LogP contribution in [0.2, 0.25) is 0 Å². The van der Waals surface area contributed by atoms with Gasteiger partial charge in [0.05, 0.1) is 81.6 Å². The highest BCUT2D eigenvalue weighted by molar-refractivity contribution is 4.97. The molecule has 4 rings (SSSR count). The first-order valence-corrected chi connectivity index (χ1v) is 12.9. The van der Waals surface area contributed by atoms with Crippen LogP contribution in [0.25, 0.3) is 0 Å². The Hall–Kier alpha value is -2.88. The van der Waals surface area contributed by atoms with Crippen LogP contribution in [0.4, 0.5) is 0 Å². The summed E-state index contributed by atoms with van der Waals surface area (Å²) in [5.74, 6) is 0. The topological polar surface area (TPSA) is 83.1 Å². The van der Waals surface area contributed by atoms with Crippen LogP contribution in [0.5, 0.6) is 0 Å². The molecule has 9 nitrogen and oxygen atoms in total. The second-order valence-electron chi connectivity index (χ2n) is 9.23. The van der Waals surface area contributed by atoms with E-state index in [1.54, 1.807) is 0 Å². The molecule has 4 atom stereocenters. The lowest BCUT2D eigenvalue weighted by Gasteiger charge is -2.39. The van der Waals surface area contributed by atoms with Crippen LogP contribution in [-0.4, -0.2) is 76.3 Å². The minimum Gasteiger partial charge on any atom is -0.501 e. The van der Waals surface area contributed by atoms with Crippen LogP contribution in [0.3, 0.4) is 0 Å². The normalized spacial score (nSPS) is 30.0. The number of rotatable bonds is 14. The molecule has 1 saturated carbocycles. The van der Waals surface area contributed by atoms with Gasteiger partial charge in [-0.1, -0.05) is 39.5 Å². The third-order valence-corrected chi connectivity index (χ3v) is 6.53. The molecule has 38 heavy (non-hydrogen) atoms. The van der Waals surface area contributed by atoms with E-state index >= 15 is 0 Å². The maximum atomic E-state index is 5.54. The van der Waals surface area contributed by atoms with E-state index in [4.69, 9.17) is 42.6 Å². The van der Waals surface area contributed by atoms with Gasteiger partial charge in [0.25, 0.3) is 0 Å². The Morgan fingerprint density at radius 3 is 1.26 bits per heavy atom. The second kappa shape index (κ2) is 17.6. The fraction of sp³-hybridized carbons (Fsp3) is 0.586. The maximum absolute atomic E-state index is 5.54. The van der Waals surface area contributed by atoms with Crippen LogP contribution in [0, 0.1) is 5.41 Å². The Morgan fingerprint density at radius 2 is 0.974 bits per heavy atom. The molecule has 0 radical (unpaired) electrons. The zero-order valence-corrected chi connectivity index (χ0v) is 22.4. The Kier molecular flexibility index (Phi) is 14.5. The van der Waals surface area contributed by atoms with Crippen LogP contribution in [0.15, 0.2) is 77.0 Å². The molecule has 3 heterocycles. The van der Waals surface area contributed by atoms with Crippen molar-refractivity contribution in [1.29, 1.82) is 0 Å². The number of hydrogen-bond donors (Lipinski definition) is 0. The average molecular weight is 537 g/mol. The lowest BCUT2D eigenvalue weighted by Crippen LogP contribution is -2.49. The summed E-state index contributed by atoms with van der Waals surface area (Å²) in [6.07, 6.45) is 13.5. The van der Waals surface area contributed by atoms with E-state index in [0.717, 1.165) is 25.7 Å². The van der Waals surface area contributed by atoms with Crippen molar-refractivity contribution in [3.8, 4) is 0 Å². The summed E-state index contributed by atoms with van der Waals surface area (Å²) < 4.78 is 47.5. The fourth-order valence-corrected chi connectivity index (χ4v) is 4.56. The molecule has 3 aliphatic heterocycles. The lowest BCUT2D eigenvalue weighted by atomic mass is 9.88. The molecule has 0 aromatic rings. The van der Waals surface area contributed by atoms with E-state index in [2.05, 4.69) is 39.5 Å². The molecule has 4 unspecified atom stereocenters. The van der Waals surface area contributed by atoms with E-state index in [9.17, 15) is 0 Å². The monoisotopic (exact) mass is 536 g/mol. The highest BCUT2D eigenvalue weighted by Gasteiger charge is 2.49. The van der Waals surface area contributed by atoms with Crippen molar-refractivity contribution in [2.75, 3.05) is 39.6 Å². The highest BCUT2D eigenvalue weighted by Crippen LogP contribution is 2.31. The third-order valence-electron chi connectivity index (χ3n) is 6.53. The molecule has 0 amide bonds. The first kappa shape index (κ1) is 31.3. The summed E-state index contributed by atoms with van der Waals surface area (Å²) in [5.41, 5.74) is 0.0162. The summed E-state index contributed by atoms with van der Waals surface area (Å²) >= 11 is 0. The zero-order valence-electron chi connectivity index (χ0n) is 22.4. The van der Waals surface area contributed by atoms with Crippen LogP contribution in [-0.2, 0) is 42.6 Å². The second-order valence-corrected chi connectivity index (χ2v) is 9.23. The number of hydrogen-bond acceptors (Lipinski definition) is 9. The summed E-state index contributed by atoms with van der Waals surface area (Å²) in [5, 5.41) is 0. The molecule has 4 fully saturated rings. The maximum Gasteiger partial charge on any atom is 0.150 e. The average Bonchev–Trinajstić information content (AvgIpc) is 3.49. The van der Waals surface area contributed by atoms with Crippen molar-refractivity contribution in [1.82, 2.24) is 0 Å². The van der Waals surface area contributed by atoms with Crippen molar-refractivity contribution in [3.63, 3.8) is 0 Å². The molecule has 4 aliphatic rings. The van der Waals surface area contributed by atoms with Gasteiger partial charge in [-0.2, -0.15) is 0 Å². The van der Waals surface area contributed by atoms with Crippen LogP contribution >= 0.6 is 0 Å². The van der Waals surface area contributed by atoms with Crippen molar-refractivity contribution >= 4 is 0 Å². The largest absolute Gasteiger partial charge is 0.501 e. The van der Waals surface area contributed by atoms with Gasteiger partial charge in [0.15, 0.2) is 0 Å². The SMILES string of the molecule is C=COC1CCC(OC=C)CC1.C=COC1COC2C(OC=C)COC12.C=COCC1(COC=C)COC1. The first-order chi connectivity index (χ1) is 18.6. The Bertz CT molecular complexity index is 672. The predicted octanol–water partition coefficient (Wildman–Crippen LogP) is 4.78. The smallest absolute Gasteiger partial charge is 0.150 e. The number of ether oxygens (including phenoxy) is 9. The molecule has 0 bridgehead atoms. The van der Waals surface area contributed by atoms with E-state index in [0.29, 0.717) is 51.8 Å². The van der Waals surface area contributed by atoms with Crippen molar-refractivity contribution in [2.24, 2.45) is 5.41 Å². The number of fused-ring (bicyclic) bond motifs is 1. The summed E-state index contributed by atoms with van der Waals surface area (Å²) in [4.78, 5) is 0. The first-order valence-electron chi connectivity index (χ1n) is 12.9. The minimum absolute atomic E-state index is 0.0162. The Balaban J connectivity index is 0.000000201. The molecular weight excluding hydrogens is 492 g/mol. The van der Waals surface area contributed by atoms with E-state index in [-0.39, 0.29) is 29.8 Å².